The molecule has 0 bridgehead atoms. The Balaban J connectivity index is 2.06. The van der Waals surface area contributed by atoms with E-state index in [1.807, 2.05) is 0 Å². The van der Waals surface area contributed by atoms with Crippen LogP contribution >= 0.6 is 0 Å². The second kappa shape index (κ2) is 3.84. The fraction of sp³-hybridized carbons (Fsp3) is 0.909. The van der Waals surface area contributed by atoms with Crippen LogP contribution in [-0.2, 0) is 9.53 Å². The van der Waals surface area contributed by atoms with E-state index in [-0.39, 0.29) is 5.54 Å². The Morgan fingerprint density at radius 1 is 1.36 bits per heavy atom. The van der Waals surface area contributed by atoms with Crippen molar-refractivity contribution in [1.29, 1.82) is 0 Å². The highest BCUT2D eigenvalue weighted by atomic mass is 16.5. The molecule has 0 N–H and O–H groups in total. The molecule has 0 radical (unpaired) electrons. The highest BCUT2D eigenvalue weighted by Crippen LogP contribution is 2.48. The lowest BCUT2D eigenvalue weighted by atomic mass is 9.61. The molecule has 3 heteroatoms. The summed E-state index contributed by atoms with van der Waals surface area (Å²) in [7, 11) is 0. The van der Waals surface area contributed by atoms with E-state index in [1.165, 1.54) is 0 Å². The zero-order chi connectivity index (χ0) is 10.0. The van der Waals surface area contributed by atoms with Crippen molar-refractivity contribution < 1.29 is 9.53 Å². The van der Waals surface area contributed by atoms with Crippen LogP contribution < -0.4 is 0 Å². The quantitative estimate of drug-likeness (QED) is 0.498. The molecule has 78 valence electrons. The van der Waals surface area contributed by atoms with E-state index in [1.54, 1.807) is 6.08 Å². The van der Waals surface area contributed by atoms with Gasteiger partial charge in [-0.3, -0.25) is 0 Å². The van der Waals surface area contributed by atoms with E-state index >= 15 is 0 Å². The van der Waals surface area contributed by atoms with Gasteiger partial charge in [0.2, 0.25) is 6.08 Å². The number of rotatable bonds is 2. The van der Waals surface area contributed by atoms with Crippen LogP contribution in [0.1, 0.15) is 32.6 Å². The standard InChI is InChI=1S/C11H17NO2/c1-9-6-11(7-9,12-8-13)10-2-4-14-5-3-10/h9-10H,2-7H2,1H3. The van der Waals surface area contributed by atoms with E-state index in [2.05, 4.69) is 11.9 Å². The summed E-state index contributed by atoms with van der Waals surface area (Å²) in [6.45, 7) is 3.88. The first-order valence-electron chi connectivity index (χ1n) is 5.43. The second-order valence-corrected chi connectivity index (χ2v) is 4.71. The Morgan fingerprint density at radius 3 is 2.50 bits per heavy atom. The third kappa shape index (κ3) is 1.62. The Labute approximate surface area is 84.5 Å². The number of hydrogen-bond acceptors (Lipinski definition) is 3. The first-order chi connectivity index (χ1) is 6.77. The largest absolute Gasteiger partial charge is 0.381 e. The normalized spacial score (nSPS) is 38.5. The first-order valence-corrected chi connectivity index (χ1v) is 5.43. The smallest absolute Gasteiger partial charge is 0.235 e. The predicted octanol–water partition coefficient (Wildman–Crippen LogP) is 1.92. The molecule has 1 aliphatic carbocycles. The summed E-state index contributed by atoms with van der Waals surface area (Å²) in [4.78, 5) is 14.5. The third-order valence-electron chi connectivity index (χ3n) is 3.65. The molecule has 1 heterocycles. The van der Waals surface area contributed by atoms with Gasteiger partial charge in [0.15, 0.2) is 0 Å². The Kier molecular flexibility index (Phi) is 2.71. The van der Waals surface area contributed by atoms with Gasteiger partial charge >= 0.3 is 0 Å². The Morgan fingerprint density at radius 2 is 2.00 bits per heavy atom. The minimum atomic E-state index is -0.0645. The molecule has 0 amide bonds. The Hall–Kier alpha value is -0.660. The lowest BCUT2D eigenvalue weighted by Gasteiger charge is -2.48. The number of carbonyl (C=O) groups excluding carboxylic acids is 1. The molecular weight excluding hydrogens is 178 g/mol. The Bertz CT molecular complexity index is 246. The molecule has 3 nitrogen and oxygen atoms in total. The molecule has 14 heavy (non-hydrogen) atoms. The minimum Gasteiger partial charge on any atom is -0.381 e. The first kappa shape index (κ1) is 9.88. The van der Waals surface area contributed by atoms with E-state index in [0.29, 0.717) is 5.92 Å². The zero-order valence-corrected chi connectivity index (χ0v) is 8.66. The minimum absolute atomic E-state index is 0.0645. The van der Waals surface area contributed by atoms with Gasteiger partial charge in [0.1, 0.15) is 0 Å². The van der Waals surface area contributed by atoms with Crippen molar-refractivity contribution in [3.8, 4) is 0 Å². The van der Waals surface area contributed by atoms with Crippen molar-refractivity contribution in [2.75, 3.05) is 13.2 Å². The van der Waals surface area contributed by atoms with Gasteiger partial charge in [0, 0.05) is 13.2 Å². The number of aliphatic imine (C=N–C) groups is 1. The molecule has 1 aliphatic heterocycles. The molecule has 0 aromatic rings. The lowest BCUT2D eigenvalue weighted by Crippen LogP contribution is -2.49. The number of hydrogen-bond donors (Lipinski definition) is 0. The van der Waals surface area contributed by atoms with Gasteiger partial charge < -0.3 is 4.74 Å². The van der Waals surface area contributed by atoms with Gasteiger partial charge in [0.05, 0.1) is 5.54 Å². The van der Waals surface area contributed by atoms with Crippen molar-refractivity contribution in [2.45, 2.75) is 38.1 Å². The average Bonchev–Trinajstić information content (AvgIpc) is 2.17. The summed E-state index contributed by atoms with van der Waals surface area (Å²) >= 11 is 0. The monoisotopic (exact) mass is 195 g/mol. The topological polar surface area (TPSA) is 38.7 Å². The van der Waals surface area contributed by atoms with Crippen LogP contribution in [0.4, 0.5) is 0 Å². The van der Waals surface area contributed by atoms with Crippen molar-refractivity contribution in [2.24, 2.45) is 16.8 Å². The highest BCUT2D eigenvalue weighted by Gasteiger charge is 2.48. The van der Waals surface area contributed by atoms with Gasteiger partial charge in [0.25, 0.3) is 0 Å². The van der Waals surface area contributed by atoms with Crippen molar-refractivity contribution >= 4 is 6.08 Å². The third-order valence-corrected chi connectivity index (χ3v) is 3.65. The van der Waals surface area contributed by atoms with Crippen LogP contribution in [0.15, 0.2) is 4.99 Å². The maximum Gasteiger partial charge on any atom is 0.235 e. The van der Waals surface area contributed by atoms with Crippen molar-refractivity contribution in [1.82, 2.24) is 0 Å². The van der Waals surface area contributed by atoms with Crippen molar-refractivity contribution in [3.05, 3.63) is 0 Å². The summed E-state index contributed by atoms with van der Waals surface area (Å²) in [5.74, 6) is 1.27. The highest BCUT2D eigenvalue weighted by molar-refractivity contribution is 5.36. The van der Waals surface area contributed by atoms with Crippen molar-refractivity contribution in [3.63, 3.8) is 0 Å². The molecule has 0 aromatic carbocycles. The molecule has 0 spiro atoms. The molecule has 0 unspecified atom stereocenters. The van der Waals surface area contributed by atoms with Gasteiger partial charge in [-0.2, -0.15) is 4.99 Å². The van der Waals surface area contributed by atoms with E-state index in [9.17, 15) is 4.79 Å². The van der Waals surface area contributed by atoms with Crippen LogP contribution in [0.25, 0.3) is 0 Å². The van der Waals surface area contributed by atoms with Gasteiger partial charge in [-0.25, -0.2) is 4.79 Å². The predicted molar refractivity (Wildman–Crippen MR) is 52.8 cm³/mol. The van der Waals surface area contributed by atoms with Crippen LogP contribution in [0.5, 0.6) is 0 Å². The molecule has 1 saturated heterocycles. The van der Waals surface area contributed by atoms with Crippen LogP contribution in [-0.4, -0.2) is 24.8 Å². The summed E-state index contributed by atoms with van der Waals surface area (Å²) in [5.41, 5.74) is -0.0645. The summed E-state index contributed by atoms with van der Waals surface area (Å²) in [6, 6.07) is 0. The van der Waals surface area contributed by atoms with E-state index in [0.717, 1.165) is 44.8 Å². The second-order valence-electron chi connectivity index (χ2n) is 4.71. The van der Waals surface area contributed by atoms with Gasteiger partial charge in [-0.05, 0) is 37.5 Å². The van der Waals surface area contributed by atoms with Crippen LogP contribution in [0, 0.1) is 11.8 Å². The van der Waals surface area contributed by atoms with E-state index in [4.69, 9.17) is 4.74 Å². The summed E-state index contributed by atoms with van der Waals surface area (Å²) in [5, 5.41) is 0. The van der Waals surface area contributed by atoms with Gasteiger partial charge in [-0.1, -0.05) is 6.92 Å². The fourth-order valence-corrected chi connectivity index (χ4v) is 2.99. The molecule has 0 atom stereocenters. The van der Waals surface area contributed by atoms with Gasteiger partial charge in [-0.15, -0.1) is 0 Å². The average molecular weight is 195 g/mol. The maximum atomic E-state index is 10.4. The molecule has 2 aliphatic rings. The maximum absolute atomic E-state index is 10.4. The van der Waals surface area contributed by atoms with E-state index < -0.39 is 0 Å². The lowest BCUT2D eigenvalue weighted by molar-refractivity contribution is -0.0000765. The molecular formula is C11H17NO2. The zero-order valence-electron chi connectivity index (χ0n) is 8.66. The van der Waals surface area contributed by atoms with Crippen LogP contribution in [0.2, 0.25) is 0 Å². The fourth-order valence-electron chi connectivity index (χ4n) is 2.99. The van der Waals surface area contributed by atoms with Crippen LogP contribution in [0.3, 0.4) is 0 Å². The summed E-state index contributed by atoms with van der Waals surface area (Å²) < 4.78 is 5.33. The number of isocyanates is 1. The molecule has 1 saturated carbocycles. The SMILES string of the molecule is CC1CC(N=C=O)(C2CCOCC2)C1. The number of ether oxygens (including phenoxy) is 1. The summed E-state index contributed by atoms with van der Waals surface area (Å²) in [6.07, 6.45) is 5.99. The molecule has 2 rings (SSSR count). The molecule has 2 fully saturated rings. The number of nitrogens with zero attached hydrogens (tertiary/aromatic N) is 1. The molecule has 0 aromatic heterocycles.